The molecule has 6 nitrogen and oxygen atoms in total. The average molecular weight is 223 g/mol. The summed E-state index contributed by atoms with van der Waals surface area (Å²) in [7, 11) is 0. The molecule has 1 amide bonds. The molecule has 0 fully saturated rings. The van der Waals surface area contributed by atoms with E-state index >= 15 is 0 Å². The molecule has 2 aromatic rings. The van der Waals surface area contributed by atoms with Gasteiger partial charge in [-0.2, -0.15) is 0 Å². The number of rotatable bonds is 0. The van der Waals surface area contributed by atoms with E-state index in [2.05, 4.69) is 5.73 Å². The summed E-state index contributed by atoms with van der Waals surface area (Å²) >= 11 is 0. The summed E-state index contributed by atoms with van der Waals surface area (Å²) in [6.07, 6.45) is -1.33. The fourth-order valence-electron chi connectivity index (χ4n) is 1.05. The van der Waals surface area contributed by atoms with Gasteiger partial charge in [0.05, 0.1) is 0 Å². The standard InChI is InChI=1S/C9H6O3.CH3NO2/c10-7-5-6-3-1-2-4-8(6)12-9(7)11;2-1(3)4/h1-5,10H;2H2,(H,3,4). The van der Waals surface area contributed by atoms with E-state index in [-0.39, 0.29) is 5.75 Å². The molecule has 0 atom stereocenters. The number of nitrogens with two attached hydrogens (primary N) is 1. The van der Waals surface area contributed by atoms with Crippen molar-refractivity contribution >= 4 is 17.1 Å². The van der Waals surface area contributed by atoms with Gasteiger partial charge in [0.2, 0.25) is 5.75 Å². The lowest BCUT2D eigenvalue weighted by Crippen LogP contribution is -2.03. The van der Waals surface area contributed by atoms with Gasteiger partial charge in [-0.1, -0.05) is 18.2 Å². The summed E-state index contributed by atoms with van der Waals surface area (Å²) in [5, 5.41) is 16.9. The quantitative estimate of drug-likeness (QED) is 0.579. The molecule has 84 valence electrons. The number of hydrogen-bond acceptors (Lipinski definition) is 4. The topological polar surface area (TPSA) is 114 Å². The van der Waals surface area contributed by atoms with Gasteiger partial charge in [-0.05, 0) is 12.1 Å². The molecule has 0 radical (unpaired) electrons. The van der Waals surface area contributed by atoms with Crippen LogP contribution in [0.15, 0.2) is 39.5 Å². The molecule has 0 saturated carbocycles. The molecular weight excluding hydrogens is 214 g/mol. The van der Waals surface area contributed by atoms with Crippen molar-refractivity contribution in [1.82, 2.24) is 0 Å². The Balaban J connectivity index is 0.000000280. The van der Waals surface area contributed by atoms with Gasteiger partial charge in [-0.25, -0.2) is 9.59 Å². The first kappa shape index (κ1) is 11.6. The Morgan fingerprint density at radius 1 is 1.31 bits per heavy atom. The van der Waals surface area contributed by atoms with Crippen LogP contribution in [0.5, 0.6) is 5.75 Å². The number of aromatic hydroxyl groups is 1. The van der Waals surface area contributed by atoms with Gasteiger partial charge in [0, 0.05) is 5.39 Å². The summed E-state index contributed by atoms with van der Waals surface area (Å²) in [5.41, 5.74) is 3.81. The third kappa shape index (κ3) is 3.02. The van der Waals surface area contributed by atoms with E-state index in [1.54, 1.807) is 18.2 Å². The highest BCUT2D eigenvalue weighted by Crippen LogP contribution is 2.14. The van der Waals surface area contributed by atoms with Crippen LogP contribution in [0.25, 0.3) is 11.0 Å². The maximum absolute atomic E-state index is 10.8. The average Bonchev–Trinajstić information content (AvgIpc) is 2.19. The fraction of sp³-hybridized carbons (Fsp3) is 0. The minimum Gasteiger partial charge on any atom is -0.502 e. The summed E-state index contributed by atoms with van der Waals surface area (Å²) in [6.45, 7) is 0. The van der Waals surface area contributed by atoms with Gasteiger partial charge in [0.25, 0.3) is 0 Å². The second kappa shape index (κ2) is 4.83. The molecule has 0 unspecified atom stereocenters. The molecule has 0 aliphatic carbocycles. The molecular formula is C10H9NO5. The van der Waals surface area contributed by atoms with E-state index in [0.29, 0.717) is 5.58 Å². The third-order valence-corrected chi connectivity index (χ3v) is 1.62. The van der Waals surface area contributed by atoms with Crippen molar-refractivity contribution < 1.29 is 19.4 Å². The molecule has 4 N–H and O–H groups in total. The number of fused-ring (bicyclic) bond motifs is 1. The predicted octanol–water partition coefficient (Wildman–Crippen LogP) is 1.12. The van der Waals surface area contributed by atoms with Crippen molar-refractivity contribution in [3.8, 4) is 5.75 Å². The number of para-hydroxylation sites is 1. The van der Waals surface area contributed by atoms with E-state index in [4.69, 9.17) is 19.4 Å². The minimum absolute atomic E-state index is 0.353. The van der Waals surface area contributed by atoms with Gasteiger partial charge in [0.15, 0.2) is 0 Å². The van der Waals surface area contributed by atoms with Crippen molar-refractivity contribution in [1.29, 1.82) is 0 Å². The fourth-order valence-corrected chi connectivity index (χ4v) is 1.05. The smallest absolute Gasteiger partial charge is 0.402 e. The summed E-state index contributed by atoms with van der Waals surface area (Å²) in [6, 6.07) is 8.40. The van der Waals surface area contributed by atoms with Gasteiger partial charge < -0.3 is 20.4 Å². The normalized spacial score (nSPS) is 9.25. The molecule has 6 heteroatoms. The molecule has 0 saturated heterocycles. The van der Waals surface area contributed by atoms with Gasteiger partial charge in [-0.3, -0.25) is 0 Å². The number of primary amides is 1. The largest absolute Gasteiger partial charge is 0.502 e. The molecule has 1 heterocycles. The van der Waals surface area contributed by atoms with Gasteiger partial charge in [-0.15, -0.1) is 0 Å². The van der Waals surface area contributed by atoms with E-state index in [1.807, 2.05) is 6.07 Å². The Morgan fingerprint density at radius 2 is 1.88 bits per heavy atom. The van der Waals surface area contributed by atoms with Gasteiger partial charge in [0.1, 0.15) is 5.58 Å². The van der Waals surface area contributed by atoms with Crippen LogP contribution in [0.3, 0.4) is 0 Å². The lowest BCUT2D eigenvalue weighted by Gasteiger charge is -1.94. The van der Waals surface area contributed by atoms with Crippen molar-refractivity contribution in [2.24, 2.45) is 5.73 Å². The van der Waals surface area contributed by atoms with Crippen LogP contribution < -0.4 is 11.4 Å². The van der Waals surface area contributed by atoms with Crippen molar-refractivity contribution in [2.45, 2.75) is 0 Å². The van der Waals surface area contributed by atoms with Crippen LogP contribution in [0.1, 0.15) is 0 Å². The first-order chi connectivity index (χ1) is 7.50. The molecule has 0 bridgehead atoms. The van der Waals surface area contributed by atoms with Crippen LogP contribution in [0, 0.1) is 0 Å². The third-order valence-electron chi connectivity index (χ3n) is 1.62. The first-order valence-electron chi connectivity index (χ1n) is 4.21. The first-order valence-corrected chi connectivity index (χ1v) is 4.21. The highest BCUT2D eigenvalue weighted by Gasteiger charge is 2.00. The van der Waals surface area contributed by atoms with Crippen molar-refractivity contribution in [3.05, 3.63) is 40.8 Å². The number of carboxylic acid groups (broad SMARTS) is 1. The highest BCUT2D eigenvalue weighted by molar-refractivity contribution is 5.77. The molecule has 1 aromatic heterocycles. The van der Waals surface area contributed by atoms with Crippen LogP contribution >= 0.6 is 0 Å². The number of hydrogen-bond donors (Lipinski definition) is 3. The molecule has 0 aliphatic rings. The minimum atomic E-state index is -1.33. The molecule has 1 aromatic carbocycles. The van der Waals surface area contributed by atoms with Crippen LogP contribution in [0.4, 0.5) is 4.79 Å². The Bertz CT molecular complexity index is 556. The van der Waals surface area contributed by atoms with E-state index < -0.39 is 11.7 Å². The zero-order chi connectivity index (χ0) is 12.1. The summed E-state index contributed by atoms with van der Waals surface area (Å²) in [4.78, 5) is 19.6. The highest BCUT2D eigenvalue weighted by atomic mass is 16.4. The second-order valence-corrected chi connectivity index (χ2v) is 2.80. The van der Waals surface area contributed by atoms with Crippen LogP contribution in [-0.4, -0.2) is 16.3 Å². The van der Waals surface area contributed by atoms with E-state index in [9.17, 15) is 4.79 Å². The predicted molar refractivity (Wildman–Crippen MR) is 56.4 cm³/mol. The lowest BCUT2D eigenvalue weighted by atomic mass is 10.2. The second-order valence-electron chi connectivity index (χ2n) is 2.80. The SMILES string of the molecule is NC(=O)O.O=c1oc2ccccc2cc1O. The molecule has 16 heavy (non-hydrogen) atoms. The molecule has 0 aliphatic heterocycles. The monoisotopic (exact) mass is 223 g/mol. The number of amides is 1. The number of benzene rings is 1. The van der Waals surface area contributed by atoms with Gasteiger partial charge >= 0.3 is 11.7 Å². The summed E-state index contributed by atoms with van der Waals surface area (Å²) in [5.74, 6) is -0.353. The van der Waals surface area contributed by atoms with Crippen molar-refractivity contribution in [3.63, 3.8) is 0 Å². The van der Waals surface area contributed by atoms with E-state index in [0.717, 1.165) is 5.39 Å². The zero-order valence-electron chi connectivity index (χ0n) is 8.08. The zero-order valence-corrected chi connectivity index (χ0v) is 8.08. The number of carbonyl (C=O) groups is 1. The maximum atomic E-state index is 10.8. The summed E-state index contributed by atoms with van der Waals surface area (Å²) < 4.78 is 4.79. The lowest BCUT2D eigenvalue weighted by molar-refractivity contribution is 0.205. The molecule has 2 rings (SSSR count). The molecule has 0 spiro atoms. The van der Waals surface area contributed by atoms with E-state index in [1.165, 1.54) is 6.07 Å². The Kier molecular flexibility index (Phi) is 3.49. The van der Waals surface area contributed by atoms with Crippen LogP contribution in [-0.2, 0) is 0 Å². The Hall–Kier alpha value is -2.50. The Labute approximate surface area is 89.5 Å². The Morgan fingerprint density at radius 3 is 2.50 bits per heavy atom. The maximum Gasteiger partial charge on any atom is 0.402 e. The van der Waals surface area contributed by atoms with Crippen molar-refractivity contribution in [2.75, 3.05) is 0 Å². The van der Waals surface area contributed by atoms with Crippen LogP contribution in [0.2, 0.25) is 0 Å².